The minimum atomic E-state index is -0.282. The van der Waals surface area contributed by atoms with Crippen molar-refractivity contribution in [1.29, 1.82) is 0 Å². The molecule has 0 saturated carbocycles. The molecule has 120 valence electrons. The number of ether oxygens (including phenoxy) is 2. The second-order valence-corrected chi connectivity index (χ2v) is 5.69. The lowest BCUT2D eigenvalue weighted by Gasteiger charge is -2.31. The first-order valence-corrected chi connectivity index (χ1v) is 7.75. The Morgan fingerprint density at radius 2 is 1.95 bits per heavy atom. The maximum absolute atomic E-state index is 9.54. The van der Waals surface area contributed by atoms with Gasteiger partial charge in [0.1, 0.15) is 12.4 Å². The first kappa shape index (κ1) is 18.0. The van der Waals surface area contributed by atoms with E-state index in [1.807, 2.05) is 44.2 Å². The van der Waals surface area contributed by atoms with Crippen LogP contribution >= 0.6 is 0 Å². The van der Waals surface area contributed by atoms with Gasteiger partial charge in [0, 0.05) is 5.54 Å². The van der Waals surface area contributed by atoms with E-state index in [2.05, 4.69) is 12.2 Å². The van der Waals surface area contributed by atoms with Gasteiger partial charge in [-0.15, -0.1) is 0 Å². The van der Waals surface area contributed by atoms with E-state index in [-0.39, 0.29) is 18.2 Å². The average molecular weight is 295 g/mol. The Balaban J connectivity index is 2.22. The molecule has 0 aliphatic heterocycles. The van der Waals surface area contributed by atoms with Crippen LogP contribution in [0.2, 0.25) is 0 Å². The molecule has 0 spiro atoms. The van der Waals surface area contributed by atoms with E-state index >= 15 is 0 Å². The summed E-state index contributed by atoms with van der Waals surface area (Å²) >= 11 is 0. The zero-order valence-electron chi connectivity index (χ0n) is 13.5. The van der Waals surface area contributed by atoms with E-state index in [4.69, 9.17) is 9.47 Å². The van der Waals surface area contributed by atoms with Crippen LogP contribution in [0.5, 0.6) is 5.75 Å². The van der Waals surface area contributed by atoms with Crippen LogP contribution in [0.3, 0.4) is 0 Å². The molecule has 0 bridgehead atoms. The molecule has 4 nitrogen and oxygen atoms in total. The van der Waals surface area contributed by atoms with E-state index < -0.39 is 0 Å². The summed E-state index contributed by atoms with van der Waals surface area (Å²) in [5.74, 6) is 0.860. The number of rotatable bonds is 11. The van der Waals surface area contributed by atoms with Crippen molar-refractivity contribution in [2.24, 2.45) is 0 Å². The summed E-state index contributed by atoms with van der Waals surface area (Å²) in [6, 6.07) is 9.72. The number of hydrogen-bond donors (Lipinski definition) is 2. The van der Waals surface area contributed by atoms with Gasteiger partial charge in [-0.3, -0.25) is 0 Å². The highest BCUT2D eigenvalue weighted by molar-refractivity contribution is 5.20. The van der Waals surface area contributed by atoms with Gasteiger partial charge in [-0.1, -0.05) is 25.1 Å². The van der Waals surface area contributed by atoms with Gasteiger partial charge >= 0.3 is 0 Å². The molecule has 21 heavy (non-hydrogen) atoms. The molecule has 0 aromatic heterocycles. The highest BCUT2D eigenvalue weighted by Gasteiger charge is 2.25. The molecule has 2 atom stereocenters. The van der Waals surface area contributed by atoms with Crippen molar-refractivity contribution in [3.05, 3.63) is 30.3 Å². The lowest BCUT2D eigenvalue weighted by molar-refractivity contribution is 0.0146. The predicted octanol–water partition coefficient (Wildman–Crippen LogP) is 2.61. The number of benzene rings is 1. The molecule has 0 saturated heterocycles. The Kier molecular flexibility index (Phi) is 8.35. The minimum absolute atomic E-state index is 0.0749. The molecule has 1 aromatic carbocycles. The van der Waals surface area contributed by atoms with Crippen LogP contribution in [-0.4, -0.2) is 43.1 Å². The molecule has 0 heterocycles. The zero-order valence-corrected chi connectivity index (χ0v) is 13.5. The van der Waals surface area contributed by atoms with Gasteiger partial charge in [0.15, 0.2) is 0 Å². The van der Waals surface area contributed by atoms with Gasteiger partial charge in [-0.25, -0.2) is 0 Å². The monoisotopic (exact) mass is 295 g/mol. The van der Waals surface area contributed by atoms with E-state index in [1.54, 1.807) is 0 Å². The Morgan fingerprint density at radius 3 is 2.57 bits per heavy atom. The highest BCUT2D eigenvalue weighted by atomic mass is 16.5. The van der Waals surface area contributed by atoms with Crippen molar-refractivity contribution in [1.82, 2.24) is 5.32 Å². The molecular weight excluding hydrogens is 266 g/mol. The van der Waals surface area contributed by atoms with Crippen molar-refractivity contribution >= 4 is 0 Å². The van der Waals surface area contributed by atoms with Crippen molar-refractivity contribution in [3.8, 4) is 5.75 Å². The molecule has 2 N–H and O–H groups in total. The standard InChI is InChI=1S/C17H29NO3/c1-4-10-18-17(3,14-19)13-15(2)20-11-12-21-16-8-6-5-7-9-16/h5-9,15,18-19H,4,10-14H2,1-3H3. The van der Waals surface area contributed by atoms with Crippen molar-refractivity contribution < 1.29 is 14.6 Å². The van der Waals surface area contributed by atoms with Crippen LogP contribution in [-0.2, 0) is 4.74 Å². The molecule has 1 rings (SSSR count). The van der Waals surface area contributed by atoms with Gasteiger partial charge in [0.2, 0.25) is 0 Å². The molecule has 0 radical (unpaired) electrons. The molecular formula is C17H29NO3. The molecule has 0 fully saturated rings. The maximum Gasteiger partial charge on any atom is 0.119 e. The second kappa shape index (κ2) is 9.77. The summed E-state index contributed by atoms with van der Waals surface area (Å²) in [7, 11) is 0. The summed E-state index contributed by atoms with van der Waals surface area (Å²) < 4.78 is 11.4. The largest absolute Gasteiger partial charge is 0.491 e. The third-order valence-electron chi connectivity index (χ3n) is 3.39. The summed E-state index contributed by atoms with van der Waals surface area (Å²) in [6.07, 6.45) is 1.90. The lowest BCUT2D eigenvalue weighted by Crippen LogP contribution is -2.48. The topological polar surface area (TPSA) is 50.7 Å². The number of aliphatic hydroxyl groups is 1. The second-order valence-electron chi connectivity index (χ2n) is 5.69. The Labute approximate surface area is 128 Å². The lowest BCUT2D eigenvalue weighted by atomic mass is 9.95. The average Bonchev–Trinajstić information content (AvgIpc) is 2.50. The Morgan fingerprint density at radius 1 is 1.24 bits per heavy atom. The van der Waals surface area contributed by atoms with Crippen LogP contribution in [0.15, 0.2) is 30.3 Å². The molecule has 2 unspecified atom stereocenters. The zero-order chi connectivity index (χ0) is 15.6. The van der Waals surface area contributed by atoms with E-state index in [0.29, 0.717) is 13.2 Å². The predicted molar refractivity (Wildman–Crippen MR) is 85.8 cm³/mol. The fourth-order valence-corrected chi connectivity index (χ4v) is 2.24. The molecule has 0 aliphatic rings. The van der Waals surface area contributed by atoms with Crippen LogP contribution < -0.4 is 10.1 Å². The molecule has 1 aromatic rings. The molecule has 4 heteroatoms. The highest BCUT2D eigenvalue weighted by Crippen LogP contribution is 2.14. The van der Waals surface area contributed by atoms with Gasteiger partial charge in [-0.2, -0.15) is 0 Å². The number of para-hydroxylation sites is 1. The molecule has 0 amide bonds. The minimum Gasteiger partial charge on any atom is -0.491 e. The van der Waals surface area contributed by atoms with Crippen LogP contribution in [0.4, 0.5) is 0 Å². The first-order chi connectivity index (χ1) is 10.1. The number of hydrogen-bond acceptors (Lipinski definition) is 4. The number of aliphatic hydroxyl groups excluding tert-OH is 1. The van der Waals surface area contributed by atoms with E-state index in [1.165, 1.54) is 0 Å². The van der Waals surface area contributed by atoms with Crippen LogP contribution in [0, 0.1) is 0 Å². The maximum atomic E-state index is 9.54. The van der Waals surface area contributed by atoms with Gasteiger partial charge in [-0.05, 0) is 45.4 Å². The fraction of sp³-hybridized carbons (Fsp3) is 0.647. The smallest absolute Gasteiger partial charge is 0.119 e. The van der Waals surface area contributed by atoms with Gasteiger partial charge < -0.3 is 19.9 Å². The number of nitrogens with one attached hydrogen (secondary N) is 1. The van der Waals surface area contributed by atoms with E-state index in [9.17, 15) is 5.11 Å². The third kappa shape index (κ3) is 7.46. The third-order valence-corrected chi connectivity index (χ3v) is 3.39. The fourth-order valence-electron chi connectivity index (χ4n) is 2.24. The SMILES string of the molecule is CCCNC(C)(CO)CC(C)OCCOc1ccccc1. The van der Waals surface area contributed by atoms with Crippen LogP contribution in [0.1, 0.15) is 33.6 Å². The first-order valence-electron chi connectivity index (χ1n) is 7.75. The Hall–Kier alpha value is -1.10. The van der Waals surface area contributed by atoms with Crippen molar-refractivity contribution in [2.75, 3.05) is 26.4 Å². The van der Waals surface area contributed by atoms with Gasteiger partial charge in [0.25, 0.3) is 0 Å². The van der Waals surface area contributed by atoms with Crippen molar-refractivity contribution in [3.63, 3.8) is 0 Å². The normalized spacial score (nSPS) is 15.4. The van der Waals surface area contributed by atoms with Gasteiger partial charge in [0.05, 0.1) is 19.3 Å². The summed E-state index contributed by atoms with van der Waals surface area (Å²) in [5.41, 5.74) is -0.282. The summed E-state index contributed by atoms with van der Waals surface area (Å²) in [4.78, 5) is 0. The van der Waals surface area contributed by atoms with Crippen LogP contribution in [0.25, 0.3) is 0 Å². The van der Waals surface area contributed by atoms with E-state index in [0.717, 1.165) is 25.1 Å². The summed E-state index contributed by atoms with van der Waals surface area (Å²) in [6.45, 7) is 8.28. The molecule has 0 aliphatic carbocycles. The summed E-state index contributed by atoms with van der Waals surface area (Å²) in [5, 5.41) is 12.9. The van der Waals surface area contributed by atoms with Crippen molar-refractivity contribution in [2.45, 2.75) is 45.3 Å². The Bertz CT molecular complexity index is 372. The quantitative estimate of drug-likeness (QED) is 0.616.